The Morgan fingerprint density at radius 3 is 2.13 bits per heavy atom. The molecule has 0 aliphatic carbocycles. The second-order valence-corrected chi connectivity index (χ2v) is 3.86. The first-order chi connectivity index (χ1) is 7.08. The number of hydrogen-bond acceptors (Lipinski definition) is 3. The summed E-state index contributed by atoms with van der Waals surface area (Å²) in [5.74, 6) is 0.741. The minimum Gasteiger partial charge on any atom is -0.491 e. The van der Waals surface area contributed by atoms with Crippen LogP contribution in [0.25, 0.3) is 0 Å². The van der Waals surface area contributed by atoms with Gasteiger partial charge in [0.2, 0.25) is 0 Å². The fourth-order valence-electron chi connectivity index (χ4n) is 1.28. The maximum atomic E-state index is 9.19. The van der Waals surface area contributed by atoms with Gasteiger partial charge in [-0.05, 0) is 38.0 Å². The van der Waals surface area contributed by atoms with Crippen LogP contribution in [-0.4, -0.2) is 29.0 Å². The van der Waals surface area contributed by atoms with Crippen LogP contribution in [0, 0.1) is 0 Å². The molecule has 0 aliphatic rings. The zero-order valence-electron chi connectivity index (χ0n) is 9.18. The monoisotopic (exact) mass is 210 g/mol. The number of hydrogen-bond donors (Lipinski definition) is 2. The van der Waals surface area contributed by atoms with Gasteiger partial charge in [-0.15, -0.1) is 0 Å². The Labute approximate surface area is 90.3 Å². The lowest BCUT2D eigenvalue weighted by atomic mass is 10.1. The van der Waals surface area contributed by atoms with Gasteiger partial charge in [-0.1, -0.05) is 12.1 Å². The largest absolute Gasteiger partial charge is 0.491 e. The van der Waals surface area contributed by atoms with Gasteiger partial charge >= 0.3 is 0 Å². The second kappa shape index (κ2) is 5.73. The molecule has 0 fully saturated rings. The molecule has 1 rings (SSSR count). The van der Waals surface area contributed by atoms with Gasteiger partial charge in [-0.3, -0.25) is 0 Å². The Balaban J connectivity index is 2.49. The van der Waals surface area contributed by atoms with Gasteiger partial charge in [0.1, 0.15) is 12.4 Å². The van der Waals surface area contributed by atoms with Crippen molar-refractivity contribution >= 4 is 0 Å². The smallest absolute Gasteiger partial charge is 0.119 e. The van der Waals surface area contributed by atoms with Gasteiger partial charge in [-0.2, -0.15) is 0 Å². The van der Waals surface area contributed by atoms with Crippen molar-refractivity contribution in [3.63, 3.8) is 0 Å². The van der Waals surface area contributed by atoms with Crippen molar-refractivity contribution in [1.29, 1.82) is 0 Å². The maximum Gasteiger partial charge on any atom is 0.119 e. The average Bonchev–Trinajstić information content (AvgIpc) is 2.16. The van der Waals surface area contributed by atoms with Crippen LogP contribution >= 0.6 is 0 Å². The molecule has 0 aromatic heterocycles. The molecule has 0 bridgehead atoms. The first-order valence-corrected chi connectivity index (χ1v) is 5.16. The van der Waals surface area contributed by atoms with Gasteiger partial charge in [0.05, 0.1) is 12.2 Å². The SMILES string of the molecule is CC(O)COc1ccc(CC(C)O)cc1. The molecule has 2 atom stereocenters. The zero-order valence-corrected chi connectivity index (χ0v) is 9.18. The predicted molar refractivity (Wildman–Crippen MR) is 59.0 cm³/mol. The molecule has 1 aromatic rings. The van der Waals surface area contributed by atoms with Crippen LogP contribution in [0.15, 0.2) is 24.3 Å². The number of ether oxygens (including phenoxy) is 1. The summed E-state index contributed by atoms with van der Waals surface area (Å²) < 4.78 is 5.31. The van der Waals surface area contributed by atoms with E-state index in [4.69, 9.17) is 9.84 Å². The molecule has 0 saturated carbocycles. The molecule has 0 saturated heterocycles. The van der Waals surface area contributed by atoms with E-state index in [1.54, 1.807) is 13.8 Å². The van der Waals surface area contributed by atoms with Gasteiger partial charge in [0, 0.05) is 0 Å². The highest BCUT2D eigenvalue weighted by atomic mass is 16.5. The Kier molecular flexibility index (Phi) is 4.59. The average molecular weight is 210 g/mol. The molecule has 84 valence electrons. The summed E-state index contributed by atoms with van der Waals surface area (Å²) in [5.41, 5.74) is 1.08. The minimum absolute atomic E-state index is 0.301. The highest BCUT2D eigenvalue weighted by Gasteiger charge is 2.01. The summed E-state index contributed by atoms with van der Waals surface area (Å²) in [6.07, 6.45) is -0.132. The third-order valence-electron chi connectivity index (χ3n) is 1.95. The van der Waals surface area contributed by atoms with E-state index >= 15 is 0 Å². The van der Waals surface area contributed by atoms with Crippen LogP contribution in [-0.2, 0) is 6.42 Å². The molecule has 3 heteroatoms. The fourth-order valence-corrected chi connectivity index (χ4v) is 1.28. The van der Waals surface area contributed by atoms with E-state index in [-0.39, 0.29) is 6.10 Å². The zero-order chi connectivity index (χ0) is 11.3. The Hall–Kier alpha value is -1.06. The highest BCUT2D eigenvalue weighted by Crippen LogP contribution is 2.13. The Morgan fingerprint density at radius 2 is 1.67 bits per heavy atom. The minimum atomic E-state index is -0.456. The lowest BCUT2D eigenvalue weighted by Gasteiger charge is -2.09. The van der Waals surface area contributed by atoms with Gasteiger partial charge in [0.15, 0.2) is 0 Å². The molecule has 15 heavy (non-hydrogen) atoms. The number of rotatable bonds is 5. The topological polar surface area (TPSA) is 49.7 Å². The molecule has 0 radical (unpaired) electrons. The molecule has 0 amide bonds. The Bertz CT molecular complexity index is 277. The van der Waals surface area contributed by atoms with Crippen molar-refractivity contribution in [1.82, 2.24) is 0 Å². The normalized spacial score (nSPS) is 14.7. The summed E-state index contributed by atoms with van der Waals surface area (Å²) in [5, 5.41) is 18.2. The molecule has 3 nitrogen and oxygen atoms in total. The Morgan fingerprint density at radius 1 is 1.07 bits per heavy atom. The van der Waals surface area contributed by atoms with Crippen LogP contribution in [0.4, 0.5) is 0 Å². The van der Waals surface area contributed by atoms with E-state index in [0.29, 0.717) is 13.0 Å². The third kappa shape index (κ3) is 4.81. The van der Waals surface area contributed by atoms with Crippen molar-refractivity contribution in [2.75, 3.05) is 6.61 Å². The van der Waals surface area contributed by atoms with Crippen molar-refractivity contribution in [3.8, 4) is 5.75 Å². The summed E-state index contributed by atoms with van der Waals surface area (Å²) in [7, 11) is 0. The van der Waals surface area contributed by atoms with E-state index < -0.39 is 6.10 Å². The number of benzene rings is 1. The maximum absolute atomic E-state index is 9.19. The molecule has 0 heterocycles. The van der Waals surface area contributed by atoms with E-state index in [0.717, 1.165) is 11.3 Å². The first kappa shape index (κ1) is 12.0. The van der Waals surface area contributed by atoms with Crippen LogP contribution in [0.3, 0.4) is 0 Å². The van der Waals surface area contributed by atoms with E-state index in [2.05, 4.69) is 0 Å². The van der Waals surface area contributed by atoms with E-state index in [1.165, 1.54) is 0 Å². The first-order valence-electron chi connectivity index (χ1n) is 5.16. The summed E-state index contributed by atoms with van der Waals surface area (Å²) in [4.78, 5) is 0. The van der Waals surface area contributed by atoms with Crippen LogP contribution in [0.5, 0.6) is 5.75 Å². The lowest BCUT2D eigenvalue weighted by Crippen LogP contribution is -2.12. The standard InChI is InChI=1S/C12H18O3/c1-9(13)7-11-3-5-12(6-4-11)15-8-10(2)14/h3-6,9-10,13-14H,7-8H2,1-2H3. The third-order valence-corrected chi connectivity index (χ3v) is 1.95. The molecule has 1 aromatic carbocycles. The fraction of sp³-hybridized carbons (Fsp3) is 0.500. The second-order valence-electron chi connectivity index (χ2n) is 3.86. The predicted octanol–water partition coefficient (Wildman–Crippen LogP) is 1.37. The molecular weight excluding hydrogens is 192 g/mol. The molecular formula is C12H18O3. The van der Waals surface area contributed by atoms with Gasteiger partial charge in [0.25, 0.3) is 0 Å². The van der Waals surface area contributed by atoms with E-state index in [9.17, 15) is 5.11 Å². The van der Waals surface area contributed by atoms with Gasteiger partial charge in [-0.25, -0.2) is 0 Å². The molecule has 0 aliphatic heterocycles. The van der Waals surface area contributed by atoms with Crippen LogP contribution < -0.4 is 4.74 Å². The summed E-state index contributed by atoms with van der Waals surface area (Å²) >= 11 is 0. The van der Waals surface area contributed by atoms with Gasteiger partial charge < -0.3 is 14.9 Å². The van der Waals surface area contributed by atoms with Crippen LogP contribution in [0.1, 0.15) is 19.4 Å². The van der Waals surface area contributed by atoms with Crippen molar-refractivity contribution in [3.05, 3.63) is 29.8 Å². The lowest BCUT2D eigenvalue weighted by molar-refractivity contribution is 0.122. The number of aliphatic hydroxyl groups is 2. The molecule has 0 spiro atoms. The summed E-state index contributed by atoms with van der Waals surface area (Å²) in [6.45, 7) is 3.75. The number of aliphatic hydroxyl groups excluding tert-OH is 2. The van der Waals surface area contributed by atoms with E-state index in [1.807, 2.05) is 24.3 Å². The quantitative estimate of drug-likeness (QED) is 0.771. The molecule has 2 unspecified atom stereocenters. The highest BCUT2D eigenvalue weighted by molar-refractivity contribution is 5.27. The van der Waals surface area contributed by atoms with Crippen molar-refractivity contribution in [2.24, 2.45) is 0 Å². The van der Waals surface area contributed by atoms with Crippen LogP contribution in [0.2, 0.25) is 0 Å². The summed E-state index contributed by atoms with van der Waals surface area (Å²) in [6, 6.07) is 7.54. The molecule has 2 N–H and O–H groups in total. The van der Waals surface area contributed by atoms with Crippen molar-refractivity contribution in [2.45, 2.75) is 32.5 Å². The van der Waals surface area contributed by atoms with Crippen molar-refractivity contribution < 1.29 is 14.9 Å².